The van der Waals surface area contributed by atoms with E-state index in [-0.39, 0.29) is 5.56 Å². The maximum absolute atomic E-state index is 11.0. The van der Waals surface area contributed by atoms with E-state index in [1.165, 1.54) is 32.1 Å². The fourth-order valence-corrected chi connectivity index (χ4v) is 2.30. The van der Waals surface area contributed by atoms with Crippen LogP contribution in [-0.2, 0) is 6.42 Å². The summed E-state index contributed by atoms with van der Waals surface area (Å²) in [6.45, 7) is 0. The van der Waals surface area contributed by atoms with E-state index in [0.717, 1.165) is 18.0 Å². The first-order valence-electron chi connectivity index (χ1n) is 5.53. The van der Waals surface area contributed by atoms with E-state index in [0.29, 0.717) is 0 Å². The number of H-pyrrole nitrogens is 1. The van der Waals surface area contributed by atoms with Crippen molar-refractivity contribution >= 4 is 0 Å². The van der Waals surface area contributed by atoms with Crippen LogP contribution in [0.25, 0.3) is 0 Å². The van der Waals surface area contributed by atoms with Crippen molar-refractivity contribution in [1.82, 2.24) is 4.98 Å². The summed E-state index contributed by atoms with van der Waals surface area (Å²) in [5.41, 5.74) is 1.11. The lowest BCUT2D eigenvalue weighted by atomic mass is 10.0. The lowest BCUT2D eigenvalue weighted by Crippen LogP contribution is -2.07. The van der Waals surface area contributed by atoms with Gasteiger partial charge in [-0.1, -0.05) is 31.7 Å². The minimum absolute atomic E-state index is 0.0221. The Hall–Kier alpha value is -1.05. The molecule has 1 saturated carbocycles. The molecule has 1 N–H and O–H groups in total. The summed E-state index contributed by atoms with van der Waals surface area (Å²) in [5, 5.41) is 0. The second-order valence-corrected chi connectivity index (χ2v) is 4.23. The van der Waals surface area contributed by atoms with E-state index in [1.54, 1.807) is 6.07 Å². The first-order valence-corrected chi connectivity index (χ1v) is 5.53. The van der Waals surface area contributed by atoms with Crippen molar-refractivity contribution < 1.29 is 0 Å². The van der Waals surface area contributed by atoms with E-state index < -0.39 is 0 Å². The third-order valence-electron chi connectivity index (χ3n) is 3.13. The Labute approximate surface area is 84.4 Å². The Morgan fingerprint density at radius 3 is 2.79 bits per heavy atom. The number of aromatic nitrogens is 1. The van der Waals surface area contributed by atoms with Gasteiger partial charge in [0.2, 0.25) is 5.56 Å². The van der Waals surface area contributed by atoms with Crippen LogP contribution in [-0.4, -0.2) is 4.98 Å². The molecule has 0 unspecified atom stereocenters. The fraction of sp³-hybridized carbons (Fsp3) is 0.583. The third kappa shape index (κ3) is 2.47. The molecule has 0 radical (unpaired) electrons. The van der Waals surface area contributed by atoms with Crippen LogP contribution in [0.5, 0.6) is 0 Å². The average Bonchev–Trinajstić information content (AvgIpc) is 2.67. The summed E-state index contributed by atoms with van der Waals surface area (Å²) in [6, 6.07) is 5.41. The normalized spacial score (nSPS) is 17.4. The molecule has 14 heavy (non-hydrogen) atoms. The van der Waals surface area contributed by atoms with Crippen molar-refractivity contribution in [2.45, 2.75) is 38.5 Å². The molecule has 1 aromatic rings. The molecule has 0 saturated heterocycles. The number of nitrogens with one attached hydrogen (secondary N) is 1. The SMILES string of the molecule is O=c1cccc(CCC2CCCC2)[nH]1. The van der Waals surface area contributed by atoms with Crippen LogP contribution < -0.4 is 5.56 Å². The Bertz CT molecular complexity index is 336. The van der Waals surface area contributed by atoms with E-state index in [4.69, 9.17) is 0 Å². The largest absolute Gasteiger partial charge is 0.326 e. The molecule has 1 aliphatic carbocycles. The molecular formula is C12H17NO. The molecule has 0 amide bonds. The molecular weight excluding hydrogens is 174 g/mol. The van der Waals surface area contributed by atoms with Crippen LogP contribution in [0, 0.1) is 5.92 Å². The van der Waals surface area contributed by atoms with Gasteiger partial charge in [-0.25, -0.2) is 0 Å². The van der Waals surface area contributed by atoms with Gasteiger partial charge in [0.1, 0.15) is 0 Å². The van der Waals surface area contributed by atoms with Crippen LogP contribution in [0.2, 0.25) is 0 Å². The Morgan fingerprint density at radius 1 is 1.29 bits per heavy atom. The molecule has 2 heteroatoms. The van der Waals surface area contributed by atoms with Gasteiger partial charge >= 0.3 is 0 Å². The highest BCUT2D eigenvalue weighted by molar-refractivity contribution is 5.03. The minimum atomic E-state index is 0.0221. The monoisotopic (exact) mass is 191 g/mol. The molecule has 0 aromatic carbocycles. The molecule has 0 spiro atoms. The molecule has 0 aliphatic heterocycles. The van der Waals surface area contributed by atoms with Gasteiger partial charge < -0.3 is 4.98 Å². The predicted octanol–water partition coefficient (Wildman–Crippen LogP) is 2.50. The number of aromatic amines is 1. The quantitative estimate of drug-likeness (QED) is 0.782. The smallest absolute Gasteiger partial charge is 0.248 e. The van der Waals surface area contributed by atoms with Gasteiger partial charge in [0.05, 0.1) is 0 Å². The van der Waals surface area contributed by atoms with E-state index in [1.807, 2.05) is 12.1 Å². The maximum Gasteiger partial charge on any atom is 0.248 e. The summed E-state index contributed by atoms with van der Waals surface area (Å²) >= 11 is 0. The van der Waals surface area contributed by atoms with Gasteiger partial charge in [-0.2, -0.15) is 0 Å². The molecule has 0 atom stereocenters. The van der Waals surface area contributed by atoms with E-state index in [9.17, 15) is 4.79 Å². The highest BCUT2D eigenvalue weighted by Crippen LogP contribution is 2.28. The zero-order valence-corrected chi connectivity index (χ0v) is 8.46. The number of hydrogen-bond donors (Lipinski definition) is 1. The zero-order valence-electron chi connectivity index (χ0n) is 8.46. The zero-order chi connectivity index (χ0) is 9.80. The molecule has 1 aliphatic rings. The van der Waals surface area contributed by atoms with Crippen molar-refractivity contribution in [2.24, 2.45) is 5.92 Å². The van der Waals surface area contributed by atoms with Gasteiger partial charge in [-0.15, -0.1) is 0 Å². The summed E-state index contributed by atoms with van der Waals surface area (Å²) in [6.07, 6.45) is 7.83. The minimum Gasteiger partial charge on any atom is -0.326 e. The van der Waals surface area contributed by atoms with Gasteiger partial charge in [0, 0.05) is 11.8 Å². The standard InChI is InChI=1S/C12H17NO/c14-12-7-3-6-11(13-12)9-8-10-4-1-2-5-10/h3,6-7,10H,1-2,4-5,8-9H2,(H,13,14). The molecule has 2 rings (SSSR count). The second-order valence-electron chi connectivity index (χ2n) is 4.23. The van der Waals surface area contributed by atoms with Crippen LogP contribution in [0.1, 0.15) is 37.8 Å². The first-order chi connectivity index (χ1) is 6.84. The number of pyridine rings is 1. The van der Waals surface area contributed by atoms with Crippen LogP contribution in [0.15, 0.2) is 23.0 Å². The average molecular weight is 191 g/mol. The summed E-state index contributed by atoms with van der Waals surface area (Å²) in [5.74, 6) is 0.902. The topological polar surface area (TPSA) is 32.9 Å². The molecule has 1 aromatic heterocycles. The molecule has 2 nitrogen and oxygen atoms in total. The van der Waals surface area contributed by atoms with Gasteiger partial charge in [-0.3, -0.25) is 4.79 Å². The highest BCUT2D eigenvalue weighted by Gasteiger charge is 2.14. The highest BCUT2D eigenvalue weighted by atomic mass is 16.1. The number of hydrogen-bond acceptors (Lipinski definition) is 1. The summed E-state index contributed by atoms with van der Waals surface area (Å²) < 4.78 is 0. The molecule has 1 fully saturated rings. The van der Waals surface area contributed by atoms with E-state index >= 15 is 0 Å². The van der Waals surface area contributed by atoms with Gasteiger partial charge in [0.15, 0.2) is 0 Å². The Morgan fingerprint density at radius 2 is 2.07 bits per heavy atom. The Kier molecular flexibility index (Phi) is 3.02. The molecule has 1 heterocycles. The van der Waals surface area contributed by atoms with Gasteiger partial charge in [0.25, 0.3) is 0 Å². The molecule has 0 bridgehead atoms. The van der Waals surface area contributed by atoms with Crippen LogP contribution >= 0.6 is 0 Å². The van der Waals surface area contributed by atoms with Crippen molar-refractivity contribution in [2.75, 3.05) is 0 Å². The maximum atomic E-state index is 11.0. The Balaban J connectivity index is 1.88. The second kappa shape index (κ2) is 4.45. The van der Waals surface area contributed by atoms with Crippen molar-refractivity contribution in [1.29, 1.82) is 0 Å². The lowest BCUT2D eigenvalue weighted by molar-refractivity contribution is 0.500. The number of aryl methyl sites for hydroxylation is 1. The third-order valence-corrected chi connectivity index (χ3v) is 3.13. The van der Waals surface area contributed by atoms with Crippen molar-refractivity contribution in [3.63, 3.8) is 0 Å². The van der Waals surface area contributed by atoms with Gasteiger partial charge in [-0.05, 0) is 24.8 Å². The van der Waals surface area contributed by atoms with Crippen LogP contribution in [0.4, 0.5) is 0 Å². The van der Waals surface area contributed by atoms with Crippen LogP contribution in [0.3, 0.4) is 0 Å². The fourth-order valence-electron chi connectivity index (χ4n) is 2.30. The van der Waals surface area contributed by atoms with E-state index in [2.05, 4.69) is 4.98 Å². The summed E-state index contributed by atoms with van der Waals surface area (Å²) in [7, 11) is 0. The lowest BCUT2D eigenvalue weighted by Gasteiger charge is -2.07. The molecule has 76 valence electrons. The first kappa shape index (κ1) is 9.50. The van der Waals surface area contributed by atoms with Crippen molar-refractivity contribution in [3.05, 3.63) is 34.2 Å². The predicted molar refractivity (Wildman–Crippen MR) is 57.3 cm³/mol. The van der Waals surface area contributed by atoms with Crippen molar-refractivity contribution in [3.8, 4) is 0 Å². The number of rotatable bonds is 3. The summed E-state index contributed by atoms with van der Waals surface area (Å²) in [4.78, 5) is 13.9.